The highest BCUT2D eigenvalue weighted by molar-refractivity contribution is 7.17. The Hall–Kier alpha value is -2.19. The number of rotatable bonds is 7. The van der Waals surface area contributed by atoms with Crippen LogP contribution in [0.3, 0.4) is 0 Å². The Bertz CT molecular complexity index is 827. The third kappa shape index (κ3) is 4.13. The summed E-state index contributed by atoms with van der Waals surface area (Å²) < 4.78 is 5.20. The van der Waals surface area contributed by atoms with Crippen molar-refractivity contribution in [3.8, 4) is 0 Å². The molecule has 0 radical (unpaired) electrons. The van der Waals surface area contributed by atoms with Gasteiger partial charge in [0.1, 0.15) is 5.00 Å². The van der Waals surface area contributed by atoms with E-state index in [1.807, 2.05) is 16.8 Å². The van der Waals surface area contributed by atoms with Crippen LogP contribution in [0.4, 0.5) is 5.00 Å². The van der Waals surface area contributed by atoms with E-state index in [1.165, 1.54) is 18.3 Å². The average molecular weight is 393 g/mol. The first-order chi connectivity index (χ1) is 12.5. The van der Waals surface area contributed by atoms with Gasteiger partial charge in [-0.15, -0.1) is 11.3 Å². The smallest absolute Gasteiger partial charge is 0.306 e. The Morgan fingerprint density at radius 3 is 2.85 bits per heavy atom. The molecule has 1 atom stereocenters. The average Bonchev–Trinajstić information content (AvgIpc) is 3.29. The molecule has 138 valence electrons. The lowest BCUT2D eigenvalue weighted by Gasteiger charge is -2.13. The predicted molar refractivity (Wildman–Crippen MR) is 102 cm³/mol. The molecular formula is C18H20N2O4S2. The number of carbonyl (C=O) groups is 3. The predicted octanol–water partition coefficient (Wildman–Crippen LogP) is 2.90. The summed E-state index contributed by atoms with van der Waals surface area (Å²) in [6, 6.07) is 1.95. The van der Waals surface area contributed by atoms with Crippen LogP contribution in [-0.2, 0) is 33.6 Å². The first-order valence-corrected chi connectivity index (χ1v) is 10.2. The number of thiophene rings is 2. The largest absolute Gasteiger partial charge is 0.453 e. The van der Waals surface area contributed by atoms with Crippen LogP contribution in [0.15, 0.2) is 16.8 Å². The second-order valence-corrected chi connectivity index (χ2v) is 8.06. The number of hydrogen-bond acceptors (Lipinski definition) is 6. The highest BCUT2D eigenvalue weighted by Crippen LogP contribution is 2.38. The molecule has 2 aromatic rings. The van der Waals surface area contributed by atoms with Crippen LogP contribution >= 0.6 is 22.7 Å². The number of esters is 1. The fraction of sp³-hybridized carbons (Fsp3) is 0.389. The van der Waals surface area contributed by atoms with Crippen LogP contribution in [0.25, 0.3) is 0 Å². The standard InChI is InChI=1S/C18H20N2O4S2/c1-10(24-14(21)6-5-11-7-8-25-9-11)17(23)20-18-15(16(19)22)12-3-2-4-13(12)26-18/h7-10H,2-6H2,1H3,(H2,19,22)(H,20,23). The lowest BCUT2D eigenvalue weighted by Crippen LogP contribution is -2.30. The SMILES string of the molecule is CC(OC(=O)CCc1ccsc1)C(=O)Nc1sc2c(c1C(N)=O)CCC2. The zero-order chi connectivity index (χ0) is 18.7. The molecule has 2 amide bonds. The minimum Gasteiger partial charge on any atom is -0.453 e. The Kier molecular flexibility index (Phi) is 5.73. The molecule has 0 saturated carbocycles. The Morgan fingerprint density at radius 2 is 2.15 bits per heavy atom. The van der Waals surface area contributed by atoms with Gasteiger partial charge in [-0.05, 0) is 60.6 Å². The summed E-state index contributed by atoms with van der Waals surface area (Å²) >= 11 is 2.95. The second kappa shape index (κ2) is 8.01. The number of anilines is 1. The van der Waals surface area contributed by atoms with E-state index in [4.69, 9.17) is 10.5 Å². The Morgan fingerprint density at radius 1 is 1.35 bits per heavy atom. The molecule has 0 aliphatic heterocycles. The van der Waals surface area contributed by atoms with Gasteiger partial charge in [-0.25, -0.2) is 0 Å². The molecule has 1 aliphatic carbocycles. The zero-order valence-corrected chi connectivity index (χ0v) is 16.0. The van der Waals surface area contributed by atoms with Crippen LogP contribution in [0.1, 0.15) is 46.1 Å². The Labute approximate surface area is 159 Å². The third-order valence-corrected chi connectivity index (χ3v) is 6.22. The molecule has 0 saturated heterocycles. The van der Waals surface area contributed by atoms with E-state index in [2.05, 4.69) is 5.32 Å². The number of nitrogens with one attached hydrogen (secondary N) is 1. The number of carbonyl (C=O) groups excluding carboxylic acids is 3. The van der Waals surface area contributed by atoms with E-state index >= 15 is 0 Å². The lowest BCUT2D eigenvalue weighted by atomic mass is 10.1. The van der Waals surface area contributed by atoms with Gasteiger partial charge in [0.15, 0.2) is 6.10 Å². The van der Waals surface area contributed by atoms with Crippen molar-refractivity contribution in [2.75, 3.05) is 5.32 Å². The van der Waals surface area contributed by atoms with Crippen LogP contribution < -0.4 is 11.1 Å². The van der Waals surface area contributed by atoms with Gasteiger partial charge in [-0.3, -0.25) is 14.4 Å². The number of amides is 2. The lowest BCUT2D eigenvalue weighted by molar-refractivity contribution is -0.153. The van der Waals surface area contributed by atoms with Crippen LogP contribution in [-0.4, -0.2) is 23.9 Å². The molecule has 1 unspecified atom stereocenters. The maximum Gasteiger partial charge on any atom is 0.306 e. The van der Waals surface area contributed by atoms with Crippen molar-refractivity contribution < 1.29 is 19.1 Å². The highest BCUT2D eigenvalue weighted by atomic mass is 32.1. The van der Waals surface area contributed by atoms with Gasteiger partial charge < -0.3 is 15.8 Å². The molecule has 0 aromatic carbocycles. The number of aryl methyl sites for hydroxylation is 2. The number of fused-ring (bicyclic) bond motifs is 1. The molecule has 8 heteroatoms. The van der Waals surface area contributed by atoms with Crippen molar-refractivity contribution in [1.82, 2.24) is 0 Å². The van der Waals surface area contributed by atoms with E-state index in [0.29, 0.717) is 17.0 Å². The van der Waals surface area contributed by atoms with Crippen LogP contribution in [0.5, 0.6) is 0 Å². The minimum atomic E-state index is -0.942. The van der Waals surface area contributed by atoms with E-state index in [0.717, 1.165) is 35.3 Å². The van der Waals surface area contributed by atoms with Crippen LogP contribution in [0.2, 0.25) is 0 Å². The van der Waals surface area contributed by atoms with Crippen molar-refractivity contribution in [3.05, 3.63) is 38.4 Å². The monoisotopic (exact) mass is 392 g/mol. The normalized spacial score (nSPS) is 13.9. The molecule has 6 nitrogen and oxygen atoms in total. The van der Waals surface area contributed by atoms with Gasteiger partial charge in [0.2, 0.25) is 0 Å². The van der Waals surface area contributed by atoms with Gasteiger partial charge in [0, 0.05) is 11.3 Å². The summed E-state index contributed by atoms with van der Waals surface area (Å²) in [4.78, 5) is 37.1. The zero-order valence-electron chi connectivity index (χ0n) is 14.4. The summed E-state index contributed by atoms with van der Waals surface area (Å²) in [6.07, 6.45) is 2.54. The first-order valence-electron chi connectivity index (χ1n) is 8.41. The number of nitrogens with two attached hydrogens (primary N) is 1. The van der Waals surface area contributed by atoms with Gasteiger partial charge >= 0.3 is 5.97 Å². The van der Waals surface area contributed by atoms with Crippen molar-refractivity contribution in [3.63, 3.8) is 0 Å². The maximum absolute atomic E-state index is 12.4. The summed E-state index contributed by atoms with van der Waals surface area (Å²) in [7, 11) is 0. The van der Waals surface area contributed by atoms with Gasteiger partial charge in [0.25, 0.3) is 11.8 Å². The van der Waals surface area contributed by atoms with Gasteiger partial charge in [-0.2, -0.15) is 11.3 Å². The number of hydrogen-bond donors (Lipinski definition) is 2. The molecule has 0 spiro atoms. The second-order valence-electron chi connectivity index (χ2n) is 6.18. The summed E-state index contributed by atoms with van der Waals surface area (Å²) in [5, 5.41) is 7.08. The number of ether oxygens (including phenoxy) is 1. The fourth-order valence-electron chi connectivity index (χ4n) is 2.96. The van der Waals surface area contributed by atoms with Crippen LogP contribution in [0, 0.1) is 0 Å². The Balaban J connectivity index is 1.57. The van der Waals surface area contributed by atoms with Crippen molar-refractivity contribution in [1.29, 1.82) is 0 Å². The summed E-state index contributed by atoms with van der Waals surface area (Å²) in [5.74, 6) is -1.43. The number of primary amides is 1. The summed E-state index contributed by atoms with van der Waals surface area (Å²) in [5.41, 5.74) is 7.89. The maximum atomic E-state index is 12.4. The van der Waals surface area contributed by atoms with Crippen molar-refractivity contribution in [2.24, 2.45) is 5.73 Å². The van der Waals surface area contributed by atoms with E-state index in [9.17, 15) is 14.4 Å². The highest BCUT2D eigenvalue weighted by Gasteiger charge is 2.27. The van der Waals surface area contributed by atoms with E-state index in [-0.39, 0.29) is 6.42 Å². The minimum absolute atomic E-state index is 0.216. The summed E-state index contributed by atoms with van der Waals surface area (Å²) in [6.45, 7) is 1.52. The molecule has 26 heavy (non-hydrogen) atoms. The van der Waals surface area contributed by atoms with E-state index < -0.39 is 23.9 Å². The quantitative estimate of drug-likeness (QED) is 0.708. The van der Waals surface area contributed by atoms with Gasteiger partial charge in [0.05, 0.1) is 5.56 Å². The molecule has 1 aliphatic rings. The third-order valence-electron chi connectivity index (χ3n) is 4.28. The topological polar surface area (TPSA) is 98.5 Å². The molecule has 3 N–H and O–H groups in total. The molecule has 2 heterocycles. The fourth-order valence-corrected chi connectivity index (χ4v) is 4.96. The molecule has 3 rings (SSSR count). The van der Waals surface area contributed by atoms with E-state index in [1.54, 1.807) is 11.3 Å². The van der Waals surface area contributed by atoms with Crippen molar-refractivity contribution in [2.45, 2.75) is 45.1 Å². The molecule has 2 aromatic heterocycles. The molecule has 0 fully saturated rings. The molecular weight excluding hydrogens is 372 g/mol. The van der Waals surface area contributed by atoms with Crippen molar-refractivity contribution >= 4 is 45.5 Å². The van der Waals surface area contributed by atoms with Gasteiger partial charge in [-0.1, -0.05) is 0 Å². The molecule has 0 bridgehead atoms. The first kappa shape index (κ1) is 18.6.